The number of halogens is 3. The van der Waals surface area contributed by atoms with Gasteiger partial charge < -0.3 is 28.8 Å². The highest BCUT2D eigenvalue weighted by Crippen LogP contribution is 2.53. The van der Waals surface area contributed by atoms with Gasteiger partial charge in [0.25, 0.3) is 0 Å². The number of ether oxygens (including phenoxy) is 5. The summed E-state index contributed by atoms with van der Waals surface area (Å²) in [4.78, 5) is 61.3. The van der Waals surface area contributed by atoms with Crippen LogP contribution in [-0.2, 0) is 47.7 Å². The standard InChI is InChI=1S/C29H43F3O11/c1-5-28(29(30,31)32,26(38)43-21-14-19-7-8-20(21)13-19)17-27(4,25(37)42-10-9-39-6-2)16-18(3)24(36)41-12-11-40-23(35)15-22(33)34/h18-21H,5-17H2,1-4H3,(H,33,34). The number of esters is 4. The van der Waals surface area contributed by atoms with Gasteiger partial charge in [-0.25, -0.2) is 0 Å². The quantitative estimate of drug-likeness (QED) is 0.101. The Morgan fingerprint density at radius 2 is 1.56 bits per heavy atom. The fraction of sp³-hybridized carbons (Fsp3) is 0.828. The zero-order valence-corrected chi connectivity index (χ0v) is 25.2. The van der Waals surface area contributed by atoms with E-state index in [1.807, 2.05) is 0 Å². The lowest BCUT2D eigenvalue weighted by atomic mass is 9.66. The maximum absolute atomic E-state index is 14.8. The van der Waals surface area contributed by atoms with Crippen LogP contribution in [0.5, 0.6) is 0 Å². The van der Waals surface area contributed by atoms with E-state index in [0.29, 0.717) is 18.9 Å². The van der Waals surface area contributed by atoms with Crippen molar-refractivity contribution in [2.75, 3.05) is 33.0 Å². The van der Waals surface area contributed by atoms with Gasteiger partial charge in [-0.05, 0) is 70.6 Å². The lowest BCUT2D eigenvalue weighted by Crippen LogP contribution is -2.52. The predicted molar refractivity (Wildman–Crippen MR) is 142 cm³/mol. The van der Waals surface area contributed by atoms with Gasteiger partial charge in [0.1, 0.15) is 32.3 Å². The maximum Gasteiger partial charge on any atom is 0.404 e. The van der Waals surface area contributed by atoms with Crippen LogP contribution in [0.1, 0.15) is 79.1 Å². The first kappa shape index (κ1) is 36.3. The van der Waals surface area contributed by atoms with Gasteiger partial charge in [-0.1, -0.05) is 13.8 Å². The van der Waals surface area contributed by atoms with E-state index in [0.717, 1.165) is 19.3 Å². The van der Waals surface area contributed by atoms with Crippen molar-refractivity contribution in [3.63, 3.8) is 0 Å². The molecule has 0 aromatic carbocycles. The number of alkyl halides is 3. The van der Waals surface area contributed by atoms with Crippen molar-refractivity contribution < 1.29 is 65.9 Å². The smallest absolute Gasteiger partial charge is 0.404 e. The zero-order chi connectivity index (χ0) is 32.4. The maximum atomic E-state index is 14.8. The third-order valence-corrected chi connectivity index (χ3v) is 8.36. The second kappa shape index (κ2) is 15.7. The van der Waals surface area contributed by atoms with Gasteiger partial charge in [-0.2, -0.15) is 13.2 Å². The average Bonchev–Trinajstić information content (AvgIpc) is 3.54. The number of rotatable bonds is 18. The summed E-state index contributed by atoms with van der Waals surface area (Å²) < 4.78 is 70.1. The van der Waals surface area contributed by atoms with E-state index in [4.69, 9.17) is 24.1 Å². The van der Waals surface area contributed by atoms with Gasteiger partial charge in [-0.15, -0.1) is 0 Å². The molecule has 0 radical (unpaired) electrons. The number of carboxylic acid groups (broad SMARTS) is 1. The number of carbonyl (C=O) groups excluding carboxylic acids is 4. The average molecular weight is 625 g/mol. The summed E-state index contributed by atoms with van der Waals surface area (Å²) in [6, 6.07) is 0. The highest BCUT2D eigenvalue weighted by Gasteiger charge is 2.64. The van der Waals surface area contributed by atoms with Gasteiger partial charge in [-0.3, -0.25) is 24.0 Å². The highest BCUT2D eigenvalue weighted by atomic mass is 19.4. The largest absolute Gasteiger partial charge is 0.481 e. The van der Waals surface area contributed by atoms with E-state index in [2.05, 4.69) is 4.74 Å². The summed E-state index contributed by atoms with van der Waals surface area (Å²) in [5, 5.41) is 8.58. The molecule has 2 aliphatic carbocycles. The van der Waals surface area contributed by atoms with Crippen LogP contribution in [0.2, 0.25) is 0 Å². The minimum Gasteiger partial charge on any atom is -0.481 e. The van der Waals surface area contributed by atoms with E-state index in [1.165, 1.54) is 20.8 Å². The summed E-state index contributed by atoms with van der Waals surface area (Å²) in [6.45, 7) is 4.68. The Morgan fingerprint density at radius 3 is 2.09 bits per heavy atom. The summed E-state index contributed by atoms with van der Waals surface area (Å²) in [5.41, 5.74) is -5.01. The molecular formula is C29H43F3O11. The molecule has 2 rings (SSSR count). The van der Waals surface area contributed by atoms with Crippen LogP contribution in [-0.4, -0.2) is 80.3 Å². The third kappa shape index (κ3) is 9.80. The molecule has 0 spiro atoms. The van der Waals surface area contributed by atoms with Crippen LogP contribution in [0.25, 0.3) is 0 Å². The van der Waals surface area contributed by atoms with Crippen LogP contribution < -0.4 is 0 Å². The Morgan fingerprint density at radius 1 is 0.907 bits per heavy atom. The van der Waals surface area contributed by atoms with Crippen molar-refractivity contribution in [1.29, 1.82) is 0 Å². The van der Waals surface area contributed by atoms with Crippen molar-refractivity contribution >= 4 is 29.8 Å². The van der Waals surface area contributed by atoms with Gasteiger partial charge in [0, 0.05) is 6.61 Å². The monoisotopic (exact) mass is 624 g/mol. The number of hydrogen-bond donors (Lipinski definition) is 1. The minimum atomic E-state index is -5.08. The molecular weight excluding hydrogens is 581 g/mol. The molecule has 2 aliphatic rings. The number of carbonyl (C=O) groups is 5. The Kier molecular flexibility index (Phi) is 13.3. The van der Waals surface area contributed by atoms with E-state index >= 15 is 0 Å². The van der Waals surface area contributed by atoms with Crippen LogP contribution in [0.4, 0.5) is 13.2 Å². The molecule has 0 aliphatic heterocycles. The third-order valence-electron chi connectivity index (χ3n) is 8.36. The normalized spacial score (nSPS) is 23.0. The molecule has 0 saturated heterocycles. The minimum absolute atomic E-state index is 0.000974. The molecule has 0 amide bonds. The molecule has 2 bridgehead atoms. The lowest BCUT2D eigenvalue weighted by Gasteiger charge is -2.41. The first-order valence-corrected chi connectivity index (χ1v) is 14.6. The van der Waals surface area contributed by atoms with Gasteiger partial charge in [0.2, 0.25) is 0 Å². The molecule has 6 atom stereocenters. The first-order valence-electron chi connectivity index (χ1n) is 14.6. The summed E-state index contributed by atoms with van der Waals surface area (Å²) in [6.07, 6.45) is -5.67. The number of carboxylic acids is 1. The predicted octanol–water partition coefficient (Wildman–Crippen LogP) is 4.24. The van der Waals surface area contributed by atoms with Crippen LogP contribution in [0.15, 0.2) is 0 Å². The van der Waals surface area contributed by atoms with E-state index < -0.39 is 97.8 Å². The Bertz CT molecular complexity index is 1000. The van der Waals surface area contributed by atoms with Crippen LogP contribution in [0.3, 0.4) is 0 Å². The zero-order valence-electron chi connectivity index (χ0n) is 25.2. The van der Waals surface area contributed by atoms with E-state index in [1.54, 1.807) is 6.92 Å². The Labute approximate surface area is 249 Å². The second-order valence-corrected chi connectivity index (χ2v) is 11.7. The molecule has 2 fully saturated rings. The highest BCUT2D eigenvalue weighted by molar-refractivity contribution is 5.90. The molecule has 6 unspecified atom stereocenters. The fourth-order valence-corrected chi connectivity index (χ4v) is 6.12. The molecule has 1 N–H and O–H groups in total. The molecule has 43 heavy (non-hydrogen) atoms. The van der Waals surface area contributed by atoms with Crippen molar-refractivity contribution in [1.82, 2.24) is 0 Å². The fourth-order valence-electron chi connectivity index (χ4n) is 6.12. The van der Waals surface area contributed by atoms with Crippen LogP contribution >= 0.6 is 0 Å². The number of aliphatic carboxylic acids is 1. The Balaban J connectivity index is 2.23. The molecule has 0 aromatic heterocycles. The number of hydrogen-bond acceptors (Lipinski definition) is 10. The molecule has 246 valence electrons. The van der Waals surface area contributed by atoms with Gasteiger partial charge >= 0.3 is 36.0 Å². The molecule has 0 aromatic rings. The molecule has 11 nitrogen and oxygen atoms in total. The van der Waals surface area contributed by atoms with Crippen molar-refractivity contribution in [3.05, 3.63) is 0 Å². The van der Waals surface area contributed by atoms with Crippen LogP contribution in [0, 0.1) is 28.6 Å². The van der Waals surface area contributed by atoms with E-state index in [-0.39, 0.29) is 19.1 Å². The van der Waals surface area contributed by atoms with Crippen molar-refractivity contribution in [2.45, 2.75) is 91.3 Å². The van der Waals surface area contributed by atoms with Crippen molar-refractivity contribution in [2.24, 2.45) is 28.6 Å². The molecule has 0 heterocycles. The molecule has 14 heteroatoms. The summed E-state index contributed by atoms with van der Waals surface area (Å²) in [7, 11) is 0. The summed E-state index contributed by atoms with van der Waals surface area (Å²) >= 11 is 0. The Hall–Kier alpha value is -2.90. The van der Waals surface area contributed by atoms with Gasteiger partial charge in [0.05, 0.1) is 17.9 Å². The lowest BCUT2D eigenvalue weighted by molar-refractivity contribution is -0.248. The second-order valence-electron chi connectivity index (χ2n) is 11.7. The van der Waals surface area contributed by atoms with Gasteiger partial charge in [0.15, 0.2) is 5.41 Å². The SMILES string of the molecule is CCOCCOC(=O)C(C)(CC(C)C(=O)OCCOC(=O)CC(=O)O)CC(CC)(C(=O)OC1CC2CCC1C2)C(F)(F)F. The van der Waals surface area contributed by atoms with E-state index in [9.17, 15) is 37.1 Å². The van der Waals surface area contributed by atoms with Crippen molar-refractivity contribution in [3.8, 4) is 0 Å². The first-order chi connectivity index (χ1) is 20.1. The topological polar surface area (TPSA) is 152 Å². The number of fused-ring (bicyclic) bond motifs is 2. The molecule has 2 saturated carbocycles. The summed E-state index contributed by atoms with van der Waals surface area (Å²) in [5.74, 6) is -6.61.